The van der Waals surface area contributed by atoms with Gasteiger partial charge in [-0.15, -0.1) is 0 Å². The SMILES string of the molecule is CCCCOCCn1cc(Br)cc1C(=O)O. The highest BCUT2D eigenvalue weighted by Crippen LogP contribution is 2.14. The van der Waals surface area contributed by atoms with Crippen LogP contribution >= 0.6 is 15.9 Å². The van der Waals surface area contributed by atoms with Crippen molar-refractivity contribution < 1.29 is 14.6 Å². The van der Waals surface area contributed by atoms with Crippen LogP contribution in [-0.4, -0.2) is 28.9 Å². The lowest BCUT2D eigenvalue weighted by Gasteiger charge is -2.06. The third-order valence-electron chi connectivity index (χ3n) is 2.20. The zero-order chi connectivity index (χ0) is 12.0. The largest absolute Gasteiger partial charge is 0.477 e. The van der Waals surface area contributed by atoms with Gasteiger partial charge in [-0.3, -0.25) is 0 Å². The van der Waals surface area contributed by atoms with E-state index in [2.05, 4.69) is 22.9 Å². The average Bonchev–Trinajstić information content (AvgIpc) is 2.59. The number of halogens is 1. The summed E-state index contributed by atoms with van der Waals surface area (Å²) in [4.78, 5) is 10.9. The summed E-state index contributed by atoms with van der Waals surface area (Å²) in [5.74, 6) is -0.917. The zero-order valence-electron chi connectivity index (χ0n) is 9.28. The first-order valence-electron chi connectivity index (χ1n) is 5.32. The summed E-state index contributed by atoms with van der Waals surface area (Å²) < 4.78 is 7.85. The van der Waals surface area contributed by atoms with Crippen molar-refractivity contribution in [1.29, 1.82) is 0 Å². The molecule has 0 aliphatic carbocycles. The maximum Gasteiger partial charge on any atom is 0.352 e. The third-order valence-corrected chi connectivity index (χ3v) is 2.63. The van der Waals surface area contributed by atoms with Gasteiger partial charge in [0.1, 0.15) is 5.69 Å². The number of nitrogens with zero attached hydrogens (tertiary/aromatic N) is 1. The van der Waals surface area contributed by atoms with E-state index in [0.29, 0.717) is 13.2 Å². The Kier molecular flexibility index (Phi) is 5.55. The summed E-state index contributed by atoms with van der Waals surface area (Å²) in [7, 11) is 0. The summed E-state index contributed by atoms with van der Waals surface area (Å²) in [6, 6.07) is 1.59. The average molecular weight is 290 g/mol. The van der Waals surface area contributed by atoms with Crippen LogP contribution in [0.5, 0.6) is 0 Å². The van der Waals surface area contributed by atoms with E-state index in [0.717, 1.165) is 23.9 Å². The Morgan fingerprint density at radius 1 is 1.56 bits per heavy atom. The molecule has 5 heteroatoms. The van der Waals surface area contributed by atoms with Gasteiger partial charge in [-0.2, -0.15) is 0 Å². The summed E-state index contributed by atoms with van der Waals surface area (Å²) in [5.41, 5.74) is 0.283. The van der Waals surface area contributed by atoms with Crippen LogP contribution in [0.2, 0.25) is 0 Å². The number of hydrogen-bond donors (Lipinski definition) is 1. The number of carbonyl (C=O) groups is 1. The summed E-state index contributed by atoms with van der Waals surface area (Å²) >= 11 is 3.26. The van der Waals surface area contributed by atoms with Crippen LogP contribution in [0.25, 0.3) is 0 Å². The fraction of sp³-hybridized carbons (Fsp3) is 0.545. The van der Waals surface area contributed by atoms with Crippen molar-refractivity contribution in [3.63, 3.8) is 0 Å². The Balaban J connectivity index is 2.44. The van der Waals surface area contributed by atoms with Crippen LogP contribution in [-0.2, 0) is 11.3 Å². The Morgan fingerprint density at radius 2 is 2.31 bits per heavy atom. The van der Waals surface area contributed by atoms with E-state index in [-0.39, 0.29) is 5.69 Å². The Morgan fingerprint density at radius 3 is 2.94 bits per heavy atom. The lowest BCUT2D eigenvalue weighted by Crippen LogP contribution is -2.11. The second-order valence-corrected chi connectivity index (χ2v) is 4.42. The molecule has 4 nitrogen and oxygen atoms in total. The van der Waals surface area contributed by atoms with Crippen LogP contribution in [0.3, 0.4) is 0 Å². The Labute approximate surface area is 103 Å². The number of rotatable bonds is 7. The fourth-order valence-electron chi connectivity index (χ4n) is 1.35. The number of aromatic nitrogens is 1. The monoisotopic (exact) mass is 289 g/mol. The van der Waals surface area contributed by atoms with E-state index < -0.39 is 5.97 Å². The van der Waals surface area contributed by atoms with Crippen LogP contribution in [0.1, 0.15) is 30.3 Å². The molecule has 0 atom stereocenters. The highest BCUT2D eigenvalue weighted by atomic mass is 79.9. The van der Waals surface area contributed by atoms with Crippen molar-refractivity contribution in [2.75, 3.05) is 13.2 Å². The molecular formula is C11H16BrNO3. The molecule has 1 aromatic heterocycles. The Hall–Kier alpha value is -0.810. The number of ether oxygens (including phenoxy) is 1. The van der Waals surface area contributed by atoms with Crippen molar-refractivity contribution in [3.05, 3.63) is 22.4 Å². The highest BCUT2D eigenvalue weighted by molar-refractivity contribution is 9.10. The Bertz CT molecular complexity index is 349. The first-order valence-corrected chi connectivity index (χ1v) is 6.11. The quantitative estimate of drug-likeness (QED) is 0.786. The lowest BCUT2D eigenvalue weighted by molar-refractivity contribution is 0.0680. The van der Waals surface area contributed by atoms with Crippen molar-refractivity contribution in [1.82, 2.24) is 4.57 Å². The molecule has 0 aliphatic rings. The van der Waals surface area contributed by atoms with Gasteiger partial charge >= 0.3 is 5.97 Å². The first-order chi connectivity index (χ1) is 7.65. The second kappa shape index (κ2) is 6.70. The van der Waals surface area contributed by atoms with E-state index >= 15 is 0 Å². The van der Waals surface area contributed by atoms with Gasteiger partial charge in [0.15, 0.2) is 0 Å². The topological polar surface area (TPSA) is 51.5 Å². The molecule has 16 heavy (non-hydrogen) atoms. The molecule has 0 radical (unpaired) electrons. The molecule has 0 unspecified atom stereocenters. The maximum atomic E-state index is 10.9. The normalized spacial score (nSPS) is 10.6. The predicted molar refractivity (Wildman–Crippen MR) is 64.8 cm³/mol. The van der Waals surface area contributed by atoms with E-state index in [9.17, 15) is 4.79 Å². The minimum atomic E-state index is -0.917. The van der Waals surface area contributed by atoms with Gasteiger partial charge in [-0.05, 0) is 28.4 Å². The molecule has 0 saturated carbocycles. The van der Waals surface area contributed by atoms with Crippen LogP contribution in [0.15, 0.2) is 16.7 Å². The van der Waals surface area contributed by atoms with Gasteiger partial charge in [0, 0.05) is 23.8 Å². The molecule has 1 rings (SSSR count). The predicted octanol–water partition coefficient (Wildman–Crippen LogP) is 2.77. The highest BCUT2D eigenvalue weighted by Gasteiger charge is 2.10. The number of carboxylic acid groups (broad SMARTS) is 1. The number of unbranched alkanes of at least 4 members (excludes halogenated alkanes) is 1. The maximum absolute atomic E-state index is 10.9. The number of hydrogen-bond acceptors (Lipinski definition) is 2. The molecule has 90 valence electrons. The van der Waals surface area contributed by atoms with Gasteiger partial charge in [-0.1, -0.05) is 13.3 Å². The number of aromatic carboxylic acids is 1. The van der Waals surface area contributed by atoms with Crippen molar-refractivity contribution >= 4 is 21.9 Å². The lowest BCUT2D eigenvalue weighted by atomic mass is 10.4. The van der Waals surface area contributed by atoms with Crippen LogP contribution < -0.4 is 0 Å². The second-order valence-electron chi connectivity index (χ2n) is 3.51. The van der Waals surface area contributed by atoms with Crippen molar-refractivity contribution in [3.8, 4) is 0 Å². The van der Waals surface area contributed by atoms with Gasteiger partial charge in [0.05, 0.1) is 6.61 Å². The molecule has 0 bridgehead atoms. The molecule has 0 amide bonds. The van der Waals surface area contributed by atoms with E-state index in [1.54, 1.807) is 16.8 Å². The molecule has 0 fully saturated rings. The molecule has 1 heterocycles. The molecule has 1 aromatic rings. The van der Waals surface area contributed by atoms with Crippen LogP contribution in [0, 0.1) is 0 Å². The molecule has 0 aromatic carbocycles. The summed E-state index contributed by atoms with van der Waals surface area (Å²) in [6.45, 7) is 3.95. The molecular weight excluding hydrogens is 274 g/mol. The van der Waals surface area contributed by atoms with E-state index in [4.69, 9.17) is 9.84 Å². The standard InChI is InChI=1S/C11H16BrNO3/c1-2-3-5-16-6-4-13-8-9(12)7-10(13)11(14)15/h7-8H,2-6H2,1H3,(H,14,15). The molecule has 0 saturated heterocycles. The fourth-order valence-corrected chi connectivity index (χ4v) is 1.81. The van der Waals surface area contributed by atoms with Crippen LogP contribution in [0.4, 0.5) is 0 Å². The number of carboxylic acids is 1. The van der Waals surface area contributed by atoms with Gasteiger partial charge in [0.25, 0.3) is 0 Å². The smallest absolute Gasteiger partial charge is 0.352 e. The van der Waals surface area contributed by atoms with Gasteiger partial charge in [0.2, 0.25) is 0 Å². The molecule has 1 N–H and O–H groups in total. The molecule has 0 aliphatic heterocycles. The zero-order valence-corrected chi connectivity index (χ0v) is 10.9. The minimum Gasteiger partial charge on any atom is -0.477 e. The van der Waals surface area contributed by atoms with Gasteiger partial charge < -0.3 is 14.4 Å². The van der Waals surface area contributed by atoms with E-state index in [1.165, 1.54) is 0 Å². The van der Waals surface area contributed by atoms with Crippen molar-refractivity contribution in [2.24, 2.45) is 0 Å². The molecule has 0 spiro atoms. The van der Waals surface area contributed by atoms with E-state index in [1.807, 2.05) is 0 Å². The van der Waals surface area contributed by atoms with Gasteiger partial charge in [-0.25, -0.2) is 4.79 Å². The minimum absolute atomic E-state index is 0.283. The summed E-state index contributed by atoms with van der Waals surface area (Å²) in [6.07, 6.45) is 3.91. The first kappa shape index (κ1) is 13.3. The third kappa shape index (κ3) is 3.98. The van der Waals surface area contributed by atoms with Crippen molar-refractivity contribution in [2.45, 2.75) is 26.3 Å². The summed E-state index contributed by atoms with van der Waals surface area (Å²) in [5, 5.41) is 8.94.